The van der Waals surface area contributed by atoms with Gasteiger partial charge in [-0.05, 0) is 24.1 Å². The van der Waals surface area contributed by atoms with Crippen molar-refractivity contribution in [2.75, 3.05) is 0 Å². The summed E-state index contributed by atoms with van der Waals surface area (Å²) in [7, 11) is 0. The Kier molecular flexibility index (Phi) is 4.29. The van der Waals surface area contributed by atoms with E-state index in [2.05, 4.69) is 4.98 Å². The molecule has 0 radical (unpaired) electrons. The molecule has 3 aromatic rings. The molecular weight excluding hydrogens is 310 g/mol. The van der Waals surface area contributed by atoms with Crippen LogP contribution in [0.5, 0.6) is 11.5 Å². The second-order valence-corrected chi connectivity index (χ2v) is 5.29. The number of rotatable bonds is 4. The summed E-state index contributed by atoms with van der Waals surface area (Å²) in [5.74, 6) is -0.631. The lowest BCUT2D eigenvalue weighted by atomic mass is 10.0. The zero-order chi connectivity index (χ0) is 17.1. The molecule has 3 rings (SSSR count). The first-order chi connectivity index (χ1) is 11.6. The number of hydrogen-bond acceptors (Lipinski definition) is 6. The Bertz CT molecular complexity index is 947. The zero-order valence-corrected chi connectivity index (χ0v) is 13.0. The van der Waals surface area contributed by atoms with Gasteiger partial charge in [-0.2, -0.15) is 0 Å². The van der Waals surface area contributed by atoms with Crippen LogP contribution >= 0.6 is 0 Å². The highest BCUT2D eigenvalue weighted by atomic mass is 16.5. The largest absolute Gasteiger partial charge is 0.507 e. The van der Waals surface area contributed by atoms with Crippen LogP contribution in [0.4, 0.5) is 0 Å². The van der Waals surface area contributed by atoms with E-state index in [1.165, 1.54) is 24.4 Å². The summed E-state index contributed by atoms with van der Waals surface area (Å²) in [6.45, 7) is 1.97. The van der Waals surface area contributed by atoms with Crippen molar-refractivity contribution in [3.8, 4) is 11.5 Å². The third-order valence-corrected chi connectivity index (χ3v) is 3.51. The summed E-state index contributed by atoms with van der Waals surface area (Å²) in [4.78, 5) is 27.6. The number of phenols is 1. The third kappa shape index (κ3) is 3.12. The van der Waals surface area contributed by atoms with E-state index in [0.29, 0.717) is 17.4 Å². The van der Waals surface area contributed by atoms with E-state index in [-0.39, 0.29) is 22.6 Å². The second-order valence-electron chi connectivity index (χ2n) is 5.29. The number of hydrogen-bond donors (Lipinski definition) is 1. The van der Waals surface area contributed by atoms with Gasteiger partial charge in [-0.3, -0.25) is 4.98 Å². The van der Waals surface area contributed by atoms with E-state index in [1.54, 1.807) is 18.3 Å². The number of carbonyl (C=O) groups is 1. The first-order valence-corrected chi connectivity index (χ1v) is 7.50. The van der Waals surface area contributed by atoms with E-state index in [1.807, 2.05) is 6.92 Å². The summed E-state index contributed by atoms with van der Waals surface area (Å²) in [6, 6.07) is 7.30. The van der Waals surface area contributed by atoms with Gasteiger partial charge in [0.25, 0.3) is 0 Å². The Morgan fingerprint density at radius 3 is 2.88 bits per heavy atom. The van der Waals surface area contributed by atoms with Crippen LogP contribution in [0.2, 0.25) is 0 Å². The molecule has 122 valence electrons. The highest BCUT2D eigenvalue weighted by Crippen LogP contribution is 2.32. The van der Waals surface area contributed by atoms with Crippen molar-refractivity contribution in [1.82, 2.24) is 4.98 Å². The minimum atomic E-state index is -0.617. The average Bonchev–Trinajstić information content (AvgIpc) is 2.55. The van der Waals surface area contributed by atoms with Gasteiger partial charge in [-0.25, -0.2) is 9.59 Å². The molecule has 6 heteroatoms. The summed E-state index contributed by atoms with van der Waals surface area (Å²) >= 11 is 0. The SMILES string of the molecule is CCCc1cc(=O)oc2cc(OC(=O)c3cccnc3)cc(O)c12. The fourth-order valence-corrected chi connectivity index (χ4v) is 2.51. The van der Waals surface area contributed by atoms with Crippen LogP contribution in [-0.2, 0) is 6.42 Å². The molecule has 6 nitrogen and oxygen atoms in total. The van der Waals surface area contributed by atoms with Gasteiger partial charge >= 0.3 is 11.6 Å². The molecule has 0 saturated carbocycles. The van der Waals surface area contributed by atoms with Gasteiger partial charge in [-0.15, -0.1) is 0 Å². The van der Waals surface area contributed by atoms with E-state index in [4.69, 9.17) is 9.15 Å². The first kappa shape index (κ1) is 15.7. The molecule has 0 aliphatic rings. The molecule has 0 fully saturated rings. The standard InChI is InChI=1S/C18H15NO5/c1-2-4-11-7-16(21)24-15-9-13(8-14(20)17(11)15)23-18(22)12-5-3-6-19-10-12/h3,5-10,20H,2,4H2,1H3. The number of ether oxygens (including phenoxy) is 1. The highest BCUT2D eigenvalue weighted by Gasteiger charge is 2.15. The van der Waals surface area contributed by atoms with Gasteiger partial charge in [0, 0.05) is 30.6 Å². The summed E-state index contributed by atoms with van der Waals surface area (Å²) in [5, 5.41) is 10.7. The van der Waals surface area contributed by atoms with Crippen LogP contribution in [0.3, 0.4) is 0 Å². The lowest BCUT2D eigenvalue weighted by molar-refractivity contribution is 0.0734. The predicted molar refractivity (Wildman–Crippen MR) is 87.3 cm³/mol. The number of carbonyl (C=O) groups excluding carboxylic acids is 1. The van der Waals surface area contributed by atoms with Crippen LogP contribution in [0.1, 0.15) is 29.3 Å². The number of nitrogens with zero attached hydrogens (tertiary/aromatic N) is 1. The lowest BCUT2D eigenvalue weighted by Crippen LogP contribution is -2.09. The normalized spacial score (nSPS) is 10.7. The van der Waals surface area contributed by atoms with E-state index >= 15 is 0 Å². The number of aromatic nitrogens is 1. The maximum atomic E-state index is 12.1. The molecule has 0 unspecified atom stereocenters. The summed E-state index contributed by atoms with van der Waals surface area (Å²) < 4.78 is 10.4. The van der Waals surface area contributed by atoms with Crippen molar-refractivity contribution < 1.29 is 19.1 Å². The van der Waals surface area contributed by atoms with Crippen LogP contribution < -0.4 is 10.4 Å². The Labute approximate surface area is 137 Å². The van der Waals surface area contributed by atoms with Crippen LogP contribution in [0.15, 0.2) is 51.9 Å². The Hall–Kier alpha value is -3.15. The number of esters is 1. The molecule has 0 saturated heterocycles. The number of benzene rings is 1. The molecule has 0 aliphatic carbocycles. The molecular formula is C18H15NO5. The van der Waals surface area contributed by atoms with Crippen molar-refractivity contribution in [3.63, 3.8) is 0 Å². The van der Waals surface area contributed by atoms with Crippen molar-refractivity contribution in [3.05, 3.63) is 64.3 Å². The molecule has 2 aromatic heterocycles. The fourth-order valence-electron chi connectivity index (χ4n) is 2.51. The molecule has 2 heterocycles. The molecule has 0 atom stereocenters. The van der Waals surface area contributed by atoms with Crippen LogP contribution in [0.25, 0.3) is 11.0 Å². The van der Waals surface area contributed by atoms with Crippen molar-refractivity contribution in [1.29, 1.82) is 0 Å². The number of aromatic hydroxyl groups is 1. The van der Waals surface area contributed by atoms with Gasteiger partial charge in [-0.1, -0.05) is 13.3 Å². The number of phenolic OH excluding ortho intramolecular Hbond substituents is 1. The van der Waals surface area contributed by atoms with E-state index < -0.39 is 11.6 Å². The van der Waals surface area contributed by atoms with Gasteiger partial charge in [0.1, 0.15) is 17.1 Å². The molecule has 1 N–H and O–H groups in total. The third-order valence-electron chi connectivity index (χ3n) is 3.51. The molecule has 24 heavy (non-hydrogen) atoms. The van der Waals surface area contributed by atoms with Crippen molar-refractivity contribution in [2.45, 2.75) is 19.8 Å². The topological polar surface area (TPSA) is 89.6 Å². The molecule has 0 bridgehead atoms. The average molecular weight is 325 g/mol. The maximum Gasteiger partial charge on any atom is 0.345 e. The highest BCUT2D eigenvalue weighted by molar-refractivity contribution is 5.92. The fraction of sp³-hybridized carbons (Fsp3) is 0.167. The maximum absolute atomic E-state index is 12.1. The monoisotopic (exact) mass is 325 g/mol. The molecule has 0 spiro atoms. The van der Waals surface area contributed by atoms with Crippen molar-refractivity contribution >= 4 is 16.9 Å². The van der Waals surface area contributed by atoms with Gasteiger partial charge < -0.3 is 14.3 Å². The lowest BCUT2D eigenvalue weighted by Gasteiger charge is -2.09. The van der Waals surface area contributed by atoms with Crippen LogP contribution in [0, 0.1) is 0 Å². The van der Waals surface area contributed by atoms with Gasteiger partial charge in [0.2, 0.25) is 0 Å². The van der Waals surface area contributed by atoms with E-state index in [0.717, 1.165) is 6.42 Å². The summed E-state index contributed by atoms with van der Waals surface area (Å²) in [5.41, 5.74) is 0.644. The van der Waals surface area contributed by atoms with Gasteiger partial charge in [0.05, 0.1) is 10.9 Å². The number of pyridine rings is 1. The molecule has 1 aromatic carbocycles. The quantitative estimate of drug-likeness (QED) is 0.450. The minimum absolute atomic E-state index is 0.0886. The Balaban J connectivity index is 2.02. The summed E-state index contributed by atoms with van der Waals surface area (Å²) in [6.07, 6.45) is 4.37. The Morgan fingerprint density at radius 2 is 2.17 bits per heavy atom. The molecule has 0 aliphatic heterocycles. The zero-order valence-electron chi connectivity index (χ0n) is 13.0. The molecule has 0 amide bonds. The Morgan fingerprint density at radius 1 is 1.33 bits per heavy atom. The smallest absolute Gasteiger partial charge is 0.345 e. The van der Waals surface area contributed by atoms with E-state index in [9.17, 15) is 14.7 Å². The van der Waals surface area contributed by atoms with Crippen molar-refractivity contribution in [2.24, 2.45) is 0 Å². The first-order valence-electron chi connectivity index (χ1n) is 7.50. The number of fused-ring (bicyclic) bond motifs is 1. The minimum Gasteiger partial charge on any atom is -0.507 e. The second kappa shape index (κ2) is 6.54. The van der Waals surface area contributed by atoms with Crippen LogP contribution in [-0.4, -0.2) is 16.1 Å². The van der Waals surface area contributed by atoms with Gasteiger partial charge in [0.15, 0.2) is 0 Å². The number of aryl methyl sites for hydroxylation is 1. The predicted octanol–water partition coefficient (Wildman–Crippen LogP) is 3.07.